The molecule has 206 valence electrons. The second-order valence-electron chi connectivity index (χ2n) is 13.2. The molecule has 1 aliphatic carbocycles. The van der Waals surface area contributed by atoms with Crippen molar-refractivity contribution in [3.63, 3.8) is 0 Å². The maximum Gasteiger partial charge on any atom is 0.344 e. The number of aromatic hydroxyl groups is 1. The van der Waals surface area contributed by atoms with Gasteiger partial charge in [0.2, 0.25) is 0 Å². The van der Waals surface area contributed by atoms with Crippen LogP contribution in [0.3, 0.4) is 0 Å². The predicted octanol–water partition coefficient (Wildman–Crippen LogP) is 7.03. The number of hydrogen-bond donors (Lipinski definition) is 1. The molecule has 2 aliphatic heterocycles. The molecule has 38 heavy (non-hydrogen) atoms. The summed E-state index contributed by atoms with van der Waals surface area (Å²) >= 11 is 0. The van der Waals surface area contributed by atoms with Crippen molar-refractivity contribution < 1.29 is 28.8 Å². The molecule has 6 heteroatoms. The molecule has 2 aromatic rings. The van der Waals surface area contributed by atoms with Crippen LogP contribution in [-0.4, -0.2) is 29.6 Å². The van der Waals surface area contributed by atoms with Gasteiger partial charge in [0.15, 0.2) is 6.61 Å². The van der Waals surface area contributed by atoms with Gasteiger partial charge in [-0.3, -0.25) is 0 Å². The van der Waals surface area contributed by atoms with Crippen LogP contribution in [-0.2, 0) is 20.4 Å². The van der Waals surface area contributed by atoms with E-state index in [1.54, 1.807) is 0 Å². The summed E-state index contributed by atoms with van der Waals surface area (Å²) in [6, 6.07) is 7.74. The first kappa shape index (κ1) is 26.7. The van der Waals surface area contributed by atoms with Gasteiger partial charge in [0.1, 0.15) is 29.1 Å². The Morgan fingerprint density at radius 1 is 0.947 bits per heavy atom. The van der Waals surface area contributed by atoms with Gasteiger partial charge in [-0.1, -0.05) is 41.0 Å². The molecule has 6 nitrogen and oxygen atoms in total. The number of fused-ring (bicyclic) bond motifs is 2. The summed E-state index contributed by atoms with van der Waals surface area (Å²) in [6.07, 6.45) is 5.49. The second kappa shape index (κ2) is 9.39. The SMILES string of the molecule is Cc1cc2c(cc1O)C(C)(C)CC1(CC(C)(C)c3cc(OCC(=O)OC4CCCC(C)C4)c(C)cc3O1)O2. The van der Waals surface area contributed by atoms with Crippen LogP contribution < -0.4 is 14.2 Å². The average molecular weight is 523 g/mol. The molecule has 0 radical (unpaired) electrons. The molecule has 1 saturated carbocycles. The highest BCUT2D eigenvalue weighted by Gasteiger charge is 2.53. The molecule has 3 unspecified atom stereocenters. The molecular formula is C32H42O6. The maximum absolute atomic E-state index is 12.5. The molecular weight excluding hydrogens is 480 g/mol. The first-order valence-electron chi connectivity index (χ1n) is 14.0. The highest BCUT2D eigenvalue weighted by atomic mass is 16.7. The normalized spacial score (nSPS) is 26.9. The van der Waals surface area contributed by atoms with Gasteiger partial charge in [-0.2, -0.15) is 0 Å². The van der Waals surface area contributed by atoms with Gasteiger partial charge in [0.05, 0.1) is 0 Å². The van der Waals surface area contributed by atoms with Crippen LogP contribution >= 0.6 is 0 Å². The third-order valence-corrected chi connectivity index (χ3v) is 8.58. The van der Waals surface area contributed by atoms with Gasteiger partial charge in [0.25, 0.3) is 5.79 Å². The first-order chi connectivity index (χ1) is 17.8. The molecule has 1 spiro atoms. The lowest BCUT2D eigenvalue weighted by molar-refractivity contribution is -0.166. The van der Waals surface area contributed by atoms with Gasteiger partial charge < -0.3 is 24.1 Å². The van der Waals surface area contributed by atoms with E-state index >= 15 is 0 Å². The van der Waals surface area contributed by atoms with Gasteiger partial charge >= 0.3 is 5.97 Å². The molecule has 3 atom stereocenters. The monoisotopic (exact) mass is 522 g/mol. The Hall–Kier alpha value is -2.89. The summed E-state index contributed by atoms with van der Waals surface area (Å²) < 4.78 is 25.0. The Morgan fingerprint density at radius 2 is 1.55 bits per heavy atom. The third kappa shape index (κ3) is 5.06. The minimum atomic E-state index is -0.827. The number of hydrogen-bond acceptors (Lipinski definition) is 6. The topological polar surface area (TPSA) is 74.2 Å². The smallest absolute Gasteiger partial charge is 0.344 e. The minimum absolute atomic E-state index is 0.000585. The summed E-state index contributed by atoms with van der Waals surface area (Å²) in [5.41, 5.74) is 3.19. The van der Waals surface area contributed by atoms with Crippen molar-refractivity contribution in [2.24, 2.45) is 5.92 Å². The maximum atomic E-state index is 12.5. The lowest BCUT2D eigenvalue weighted by Crippen LogP contribution is -2.55. The van der Waals surface area contributed by atoms with E-state index < -0.39 is 5.79 Å². The van der Waals surface area contributed by atoms with Crippen LogP contribution in [0.5, 0.6) is 23.0 Å². The Bertz CT molecular complexity index is 1240. The number of phenolic OH excluding ortho intramolecular Hbond substituents is 1. The number of aryl methyl sites for hydroxylation is 2. The molecule has 3 aliphatic rings. The fourth-order valence-electron chi connectivity index (χ4n) is 6.72. The molecule has 5 rings (SSSR count). The standard InChI is InChI=1S/C32H42O6/c1-19-9-8-10-22(11-19)36-29(34)16-35-26-15-24-28(13-21(26)3)38-32(18-31(24,6)7)17-30(4,5)23-14-25(33)20(2)12-27(23)37-32/h12-15,19,22,33H,8-11,16-18H2,1-7H3. The number of rotatable bonds is 4. The quantitative estimate of drug-likeness (QED) is 0.435. The van der Waals surface area contributed by atoms with E-state index in [4.69, 9.17) is 18.9 Å². The molecule has 0 aromatic heterocycles. The van der Waals surface area contributed by atoms with Crippen molar-refractivity contribution >= 4 is 5.97 Å². The van der Waals surface area contributed by atoms with Gasteiger partial charge in [-0.25, -0.2) is 4.79 Å². The molecule has 2 aromatic carbocycles. The Kier molecular flexibility index (Phi) is 6.60. The molecule has 0 saturated heterocycles. The highest BCUT2D eigenvalue weighted by Crippen LogP contribution is 2.55. The van der Waals surface area contributed by atoms with Gasteiger partial charge in [-0.05, 0) is 74.4 Å². The number of esters is 1. The fraction of sp³-hybridized carbons (Fsp3) is 0.594. The lowest BCUT2D eigenvalue weighted by atomic mass is 9.69. The summed E-state index contributed by atoms with van der Waals surface area (Å²) in [7, 11) is 0. The highest BCUT2D eigenvalue weighted by molar-refractivity contribution is 5.71. The molecule has 1 fully saturated rings. The molecule has 0 amide bonds. The zero-order valence-electron chi connectivity index (χ0n) is 23.9. The lowest BCUT2D eigenvalue weighted by Gasteiger charge is -2.51. The number of carbonyl (C=O) groups is 1. The number of benzene rings is 2. The van der Waals surface area contributed by atoms with E-state index in [1.165, 1.54) is 6.42 Å². The Morgan fingerprint density at radius 3 is 2.18 bits per heavy atom. The fourth-order valence-corrected chi connectivity index (χ4v) is 6.72. The van der Waals surface area contributed by atoms with E-state index in [0.717, 1.165) is 53.0 Å². The number of ether oxygens (including phenoxy) is 4. The zero-order valence-corrected chi connectivity index (χ0v) is 23.9. The van der Waals surface area contributed by atoms with E-state index in [0.29, 0.717) is 24.5 Å². The van der Waals surface area contributed by atoms with Crippen molar-refractivity contribution in [2.75, 3.05) is 6.61 Å². The minimum Gasteiger partial charge on any atom is -0.508 e. The van der Waals surface area contributed by atoms with Crippen LogP contribution in [0.15, 0.2) is 24.3 Å². The van der Waals surface area contributed by atoms with E-state index in [1.807, 2.05) is 38.1 Å². The number of carbonyl (C=O) groups excluding carboxylic acids is 1. The van der Waals surface area contributed by atoms with Gasteiger partial charge in [0, 0.05) is 34.8 Å². The van der Waals surface area contributed by atoms with Crippen molar-refractivity contribution in [3.8, 4) is 23.0 Å². The zero-order chi connectivity index (χ0) is 27.5. The number of phenols is 1. The van der Waals surface area contributed by atoms with E-state index in [2.05, 4.69) is 34.6 Å². The van der Waals surface area contributed by atoms with Crippen LogP contribution in [0.2, 0.25) is 0 Å². The molecule has 1 N–H and O–H groups in total. The van der Waals surface area contributed by atoms with Crippen LogP contribution in [0.25, 0.3) is 0 Å². The molecule has 2 heterocycles. The largest absolute Gasteiger partial charge is 0.508 e. The van der Waals surface area contributed by atoms with Crippen molar-refractivity contribution in [3.05, 3.63) is 46.5 Å². The first-order valence-corrected chi connectivity index (χ1v) is 14.0. The van der Waals surface area contributed by atoms with Crippen molar-refractivity contribution in [2.45, 2.75) is 110 Å². The second-order valence-corrected chi connectivity index (χ2v) is 13.2. The summed E-state index contributed by atoms with van der Waals surface area (Å²) in [5.74, 6) is 1.95. The predicted molar refractivity (Wildman–Crippen MR) is 146 cm³/mol. The van der Waals surface area contributed by atoms with E-state index in [-0.39, 0.29) is 35.3 Å². The third-order valence-electron chi connectivity index (χ3n) is 8.58. The summed E-state index contributed by atoms with van der Waals surface area (Å²) in [4.78, 5) is 12.5. The summed E-state index contributed by atoms with van der Waals surface area (Å²) in [6.45, 7) is 14.7. The van der Waals surface area contributed by atoms with Crippen molar-refractivity contribution in [1.29, 1.82) is 0 Å². The summed E-state index contributed by atoms with van der Waals surface area (Å²) in [5, 5.41) is 10.3. The van der Waals surface area contributed by atoms with Crippen molar-refractivity contribution in [1.82, 2.24) is 0 Å². The van der Waals surface area contributed by atoms with Crippen LogP contribution in [0.1, 0.15) is 95.4 Å². The van der Waals surface area contributed by atoms with Gasteiger partial charge in [-0.15, -0.1) is 0 Å². The Labute approximate surface area is 226 Å². The Balaban J connectivity index is 1.36. The average Bonchev–Trinajstić information content (AvgIpc) is 2.78. The molecule has 0 bridgehead atoms. The van der Waals surface area contributed by atoms with Crippen LogP contribution in [0, 0.1) is 19.8 Å². The van der Waals surface area contributed by atoms with Crippen LogP contribution in [0.4, 0.5) is 0 Å². The van der Waals surface area contributed by atoms with E-state index in [9.17, 15) is 9.90 Å².